The largest absolute Gasteiger partial charge is 0.480 e. The Labute approximate surface area is 166 Å². The number of carbonyl (C=O) groups excluding carboxylic acids is 1. The lowest BCUT2D eigenvalue weighted by atomic mass is 10.1. The van der Waals surface area contributed by atoms with Crippen molar-refractivity contribution >= 4 is 22.7 Å². The van der Waals surface area contributed by atoms with Crippen molar-refractivity contribution in [2.45, 2.75) is 29.6 Å². The van der Waals surface area contributed by atoms with Gasteiger partial charge in [0, 0.05) is 10.6 Å². The average molecular weight is 429 g/mol. The first kappa shape index (κ1) is 22.6. The minimum Gasteiger partial charge on any atom is -0.480 e. The Morgan fingerprint density at radius 3 is 2.14 bits per heavy atom. The van der Waals surface area contributed by atoms with E-state index < -0.39 is 46.6 Å². The van der Waals surface area contributed by atoms with E-state index in [0.29, 0.717) is 17.0 Å². The highest BCUT2D eigenvalue weighted by Crippen LogP contribution is 2.30. The molecule has 29 heavy (non-hydrogen) atoms. The molecule has 3 atom stereocenters. The molecular formula is C19H18F3NO5S. The molecule has 0 saturated carbocycles. The van der Waals surface area contributed by atoms with Gasteiger partial charge in [0.2, 0.25) is 0 Å². The summed E-state index contributed by atoms with van der Waals surface area (Å²) in [4.78, 5) is 24.0. The summed E-state index contributed by atoms with van der Waals surface area (Å²) in [6.45, 7) is 0. The lowest BCUT2D eigenvalue weighted by Gasteiger charge is -2.18. The predicted octanol–water partition coefficient (Wildman–Crippen LogP) is 2.51. The molecule has 2 rings (SSSR count). The summed E-state index contributed by atoms with van der Waals surface area (Å²) in [5, 5.41) is 21.4. The normalized spacial score (nSPS) is 14.6. The number of carbonyl (C=O) groups is 2. The van der Waals surface area contributed by atoms with E-state index in [1.54, 1.807) is 30.3 Å². The van der Waals surface area contributed by atoms with Crippen molar-refractivity contribution in [2.24, 2.45) is 0 Å². The average Bonchev–Trinajstić information content (AvgIpc) is 2.70. The zero-order chi connectivity index (χ0) is 21.6. The lowest BCUT2D eigenvalue weighted by Crippen LogP contribution is -2.43. The van der Waals surface area contributed by atoms with Crippen LogP contribution < -0.4 is 5.32 Å². The summed E-state index contributed by atoms with van der Waals surface area (Å²) >= 11 is 0. The summed E-state index contributed by atoms with van der Waals surface area (Å²) in [7, 11) is -1.48. The van der Waals surface area contributed by atoms with Crippen LogP contribution in [-0.4, -0.2) is 38.1 Å². The van der Waals surface area contributed by atoms with Gasteiger partial charge >= 0.3 is 12.1 Å². The number of rotatable bonds is 8. The molecule has 0 fully saturated rings. The van der Waals surface area contributed by atoms with Gasteiger partial charge in [-0.1, -0.05) is 30.3 Å². The Kier molecular flexibility index (Phi) is 7.52. The standard InChI is InChI=1S/C19H18F3NO5S/c20-19(21,22)13-8-6-12(7-9-13)16(24)17(25)23-15(18(26)27)10-11-29(28)14-4-2-1-3-5-14/h1-9,15-16,24H,10-11H2,(H,23,25)(H,26,27)/t15-,16-,29+/m1/s1. The van der Waals surface area contributed by atoms with Gasteiger partial charge in [-0.25, -0.2) is 4.79 Å². The van der Waals surface area contributed by atoms with Crippen LogP contribution in [0.25, 0.3) is 0 Å². The Balaban J connectivity index is 1.99. The third-order valence-electron chi connectivity index (χ3n) is 4.01. The van der Waals surface area contributed by atoms with E-state index in [1.807, 2.05) is 0 Å². The molecule has 0 saturated heterocycles. The van der Waals surface area contributed by atoms with Crippen LogP contribution in [0, 0.1) is 0 Å². The molecule has 0 aromatic heterocycles. The summed E-state index contributed by atoms with van der Waals surface area (Å²) in [6.07, 6.45) is -6.57. The molecule has 0 bridgehead atoms. The van der Waals surface area contributed by atoms with E-state index in [9.17, 15) is 37.2 Å². The molecule has 3 N–H and O–H groups in total. The fraction of sp³-hybridized carbons (Fsp3) is 0.263. The SMILES string of the molecule is O=C(O)[C@@H](CC[S@](=O)c1ccccc1)NC(=O)[C@H](O)c1ccc(C(F)(F)F)cc1. The number of benzene rings is 2. The van der Waals surface area contributed by atoms with Crippen LogP contribution >= 0.6 is 0 Å². The number of nitrogens with one attached hydrogen (secondary N) is 1. The lowest BCUT2D eigenvalue weighted by molar-refractivity contribution is -0.143. The molecule has 0 heterocycles. The van der Waals surface area contributed by atoms with Gasteiger partial charge in [0.1, 0.15) is 6.04 Å². The fourth-order valence-electron chi connectivity index (χ4n) is 2.43. The van der Waals surface area contributed by atoms with Gasteiger partial charge in [-0.2, -0.15) is 13.2 Å². The molecule has 1 amide bonds. The fourth-order valence-corrected chi connectivity index (χ4v) is 3.57. The molecule has 10 heteroatoms. The first-order valence-electron chi connectivity index (χ1n) is 8.41. The number of alkyl halides is 3. The second-order valence-corrected chi connectivity index (χ2v) is 7.64. The summed E-state index contributed by atoms with van der Waals surface area (Å²) in [6, 6.07) is 10.2. The molecule has 156 valence electrons. The first-order chi connectivity index (χ1) is 13.6. The summed E-state index contributed by atoms with van der Waals surface area (Å²) in [5.74, 6) is -2.51. The third kappa shape index (κ3) is 6.40. The van der Waals surface area contributed by atoms with Gasteiger partial charge in [-0.05, 0) is 36.2 Å². The van der Waals surface area contributed by atoms with E-state index in [4.69, 9.17) is 0 Å². The smallest absolute Gasteiger partial charge is 0.416 e. The molecule has 0 spiro atoms. The van der Waals surface area contributed by atoms with Gasteiger partial charge in [0.05, 0.1) is 16.4 Å². The molecule has 0 unspecified atom stereocenters. The van der Waals surface area contributed by atoms with Gasteiger partial charge < -0.3 is 15.5 Å². The quantitative estimate of drug-likeness (QED) is 0.598. The van der Waals surface area contributed by atoms with E-state index in [2.05, 4.69) is 5.32 Å². The van der Waals surface area contributed by atoms with Crippen molar-refractivity contribution in [1.29, 1.82) is 0 Å². The van der Waals surface area contributed by atoms with Crippen LogP contribution in [0.4, 0.5) is 13.2 Å². The zero-order valence-corrected chi connectivity index (χ0v) is 15.7. The van der Waals surface area contributed by atoms with E-state index in [-0.39, 0.29) is 17.7 Å². The minimum atomic E-state index is -4.56. The van der Waals surface area contributed by atoms with Crippen molar-refractivity contribution in [3.05, 3.63) is 65.7 Å². The highest BCUT2D eigenvalue weighted by molar-refractivity contribution is 7.85. The molecule has 2 aromatic carbocycles. The van der Waals surface area contributed by atoms with Crippen LogP contribution in [0.2, 0.25) is 0 Å². The molecule has 6 nitrogen and oxygen atoms in total. The van der Waals surface area contributed by atoms with Crippen LogP contribution in [0.5, 0.6) is 0 Å². The summed E-state index contributed by atoms with van der Waals surface area (Å²) < 4.78 is 49.9. The number of carboxylic acid groups (broad SMARTS) is 1. The van der Waals surface area contributed by atoms with Crippen LogP contribution in [0.15, 0.2) is 59.5 Å². The van der Waals surface area contributed by atoms with E-state index >= 15 is 0 Å². The third-order valence-corrected chi connectivity index (χ3v) is 5.42. The van der Waals surface area contributed by atoms with Crippen LogP contribution in [-0.2, 0) is 26.6 Å². The number of aliphatic hydroxyl groups is 1. The first-order valence-corrected chi connectivity index (χ1v) is 9.73. The number of aliphatic carboxylic acids is 1. The number of hydrogen-bond acceptors (Lipinski definition) is 4. The number of hydrogen-bond donors (Lipinski definition) is 3. The number of carboxylic acids is 1. The topological polar surface area (TPSA) is 104 Å². The van der Waals surface area contributed by atoms with E-state index in [0.717, 1.165) is 12.1 Å². The number of aliphatic hydroxyl groups excluding tert-OH is 1. The molecular weight excluding hydrogens is 411 g/mol. The maximum atomic E-state index is 12.6. The number of halogens is 3. The second-order valence-electron chi connectivity index (χ2n) is 6.07. The highest BCUT2D eigenvalue weighted by Gasteiger charge is 2.31. The van der Waals surface area contributed by atoms with Gasteiger partial charge in [-0.3, -0.25) is 9.00 Å². The van der Waals surface area contributed by atoms with Crippen LogP contribution in [0.3, 0.4) is 0 Å². The monoisotopic (exact) mass is 429 g/mol. The van der Waals surface area contributed by atoms with Gasteiger partial charge in [-0.15, -0.1) is 0 Å². The minimum absolute atomic E-state index is 0.0440. The predicted molar refractivity (Wildman–Crippen MR) is 98.3 cm³/mol. The second kappa shape index (κ2) is 9.66. The van der Waals surface area contributed by atoms with Crippen molar-refractivity contribution in [1.82, 2.24) is 5.32 Å². The molecule has 0 radical (unpaired) electrons. The van der Waals surface area contributed by atoms with Crippen molar-refractivity contribution < 1.29 is 37.2 Å². The highest BCUT2D eigenvalue weighted by atomic mass is 32.2. The van der Waals surface area contributed by atoms with Crippen molar-refractivity contribution in [2.75, 3.05) is 5.75 Å². The molecule has 2 aromatic rings. The zero-order valence-electron chi connectivity index (χ0n) is 14.9. The Hall–Kier alpha value is -2.72. The van der Waals surface area contributed by atoms with Crippen molar-refractivity contribution in [3.63, 3.8) is 0 Å². The molecule has 0 aliphatic heterocycles. The Morgan fingerprint density at radius 1 is 1.03 bits per heavy atom. The van der Waals surface area contributed by atoms with Gasteiger partial charge in [0.25, 0.3) is 5.91 Å². The number of amides is 1. The van der Waals surface area contributed by atoms with Gasteiger partial charge in [0.15, 0.2) is 6.10 Å². The Bertz CT molecular complexity index is 872. The van der Waals surface area contributed by atoms with E-state index in [1.165, 1.54) is 0 Å². The molecule has 0 aliphatic rings. The van der Waals surface area contributed by atoms with Crippen molar-refractivity contribution in [3.8, 4) is 0 Å². The Morgan fingerprint density at radius 2 is 1.62 bits per heavy atom. The maximum Gasteiger partial charge on any atom is 0.416 e. The molecule has 0 aliphatic carbocycles. The maximum absolute atomic E-state index is 12.6. The van der Waals surface area contributed by atoms with Crippen LogP contribution in [0.1, 0.15) is 23.7 Å². The summed E-state index contributed by atoms with van der Waals surface area (Å²) in [5.41, 5.74) is -1.06.